The summed E-state index contributed by atoms with van der Waals surface area (Å²) in [6, 6.07) is 7.08. The average Bonchev–Trinajstić information content (AvgIpc) is 2.70. The van der Waals surface area contributed by atoms with E-state index in [2.05, 4.69) is 54.3 Å². The van der Waals surface area contributed by atoms with E-state index in [9.17, 15) is 0 Å². The molecule has 1 heterocycles. The SMILES string of the molecule is CCCc1nc2ccc(CCNC(C)C)cc2[nH]1. The predicted molar refractivity (Wildman–Crippen MR) is 76.9 cm³/mol. The van der Waals surface area contributed by atoms with Crippen LogP contribution in [-0.2, 0) is 12.8 Å². The van der Waals surface area contributed by atoms with Crippen LogP contribution in [0, 0.1) is 0 Å². The number of rotatable bonds is 6. The second-order valence-corrected chi connectivity index (χ2v) is 5.14. The fraction of sp³-hybridized carbons (Fsp3) is 0.533. The third-order valence-corrected chi connectivity index (χ3v) is 3.05. The second-order valence-electron chi connectivity index (χ2n) is 5.14. The number of hydrogen-bond acceptors (Lipinski definition) is 2. The lowest BCUT2D eigenvalue weighted by Crippen LogP contribution is -2.24. The van der Waals surface area contributed by atoms with Crippen molar-refractivity contribution in [3.05, 3.63) is 29.6 Å². The number of nitrogens with one attached hydrogen (secondary N) is 2. The second kappa shape index (κ2) is 6.01. The van der Waals surface area contributed by atoms with Crippen molar-refractivity contribution >= 4 is 11.0 Å². The van der Waals surface area contributed by atoms with Crippen LogP contribution >= 0.6 is 0 Å². The molecule has 0 aliphatic rings. The van der Waals surface area contributed by atoms with Gasteiger partial charge in [-0.25, -0.2) is 4.98 Å². The van der Waals surface area contributed by atoms with E-state index in [-0.39, 0.29) is 0 Å². The van der Waals surface area contributed by atoms with Gasteiger partial charge < -0.3 is 10.3 Å². The quantitative estimate of drug-likeness (QED) is 0.821. The number of aromatic nitrogens is 2. The first-order chi connectivity index (χ1) is 8.69. The van der Waals surface area contributed by atoms with Gasteiger partial charge in [0.25, 0.3) is 0 Å². The molecule has 0 spiro atoms. The summed E-state index contributed by atoms with van der Waals surface area (Å²) >= 11 is 0. The smallest absolute Gasteiger partial charge is 0.107 e. The molecule has 0 saturated carbocycles. The molecule has 1 aromatic carbocycles. The highest BCUT2D eigenvalue weighted by molar-refractivity contribution is 5.75. The van der Waals surface area contributed by atoms with Gasteiger partial charge in [0.1, 0.15) is 5.82 Å². The molecular formula is C15H23N3. The van der Waals surface area contributed by atoms with Gasteiger partial charge in [-0.05, 0) is 37.1 Å². The Bertz CT molecular complexity index is 499. The molecule has 2 aromatic rings. The Morgan fingerprint density at radius 1 is 1.28 bits per heavy atom. The van der Waals surface area contributed by atoms with Gasteiger partial charge in [-0.2, -0.15) is 0 Å². The van der Waals surface area contributed by atoms with E-state index in [0.29, 0.717) is 6.04 Å². The van der Waals surface area contributed by atoms with Gasteiger partial charge in [0.05, 0.1) is 11.0 Å². The maximum Gasteiger partial charge on any atom is 0.107 e. The van der Waals surface area contributed by atoms with Crippen molar-refractivity contribution in [2.75, 3.05) is 6.54 Å². The largest absolute Gasteiger partial charge is 0.342 e. The summed E-state index contributed by atoms with van der Waals surface area (Å²) in [7, 11) is 0. The van der Waals surface area contributed by atoms with Gasteiger partial charge in [0.2, 0.25) is 0 Å². The fourth-order valence-electron chi connectivity index (χ4n) is 2.13. The topological polar surface area (TPSA) is 40.7 Å². The number of nitrogens with zero attached hydrogens (tertiary/aromatic N) is 1. The highest BCUT2D eigenvalue weighted by Gasteiger charge is 2.03. The van der Waals surface area contributed by atoms with Crippen molar-refractivity contribution < 1.29 is 0 Å². The van der Waals surface area contributed by atoms with Crippen molar-refractivity contribution in [1.82, 2.24) is 15.3 Å². The molecule has 0 aliphatic carbocycles. The number of H-pyrrole nitrogens is 1. The number of aromatic amines is 1. The number of aryl methyl sites for hydroxylation is 1. The predicted octanol–water partition coefficient (Wildman–Crippen LogP) is 3.06. The summed E-state index contributed by atoms with van der Waals surface area (Å²) in [5.41, 5.74) is 3.61. The van der Waals surface area contributed by atoms with E-state index in [0.717, 1.165) is 37.1 Å². The Morgan fingerprint density at radius 2 is 2.11 bits per heavy atom. The van der Waals surface area contributed by atoms with Gasteiger partial charge in [-0.3, -0.25) is 0 Å². The van der Waals surface area contributed by atoms with Gasteiger partial charge in [0.15, 0.2) is 0 Å². The zero-order valence-corrected chi connectivity index (χ0v) is 11.6. The van der Waals surface area contributed by atoms with Crippen molar-refractivity contribution in [1.29, 1.82) is 0 Å². The van der Waals surface area contributed by atoms with Crippen LogP contribution in [0.2, 0.25) is 0 Å². The van der Waals surface area contributed by atoms with Crippen LogP contribution in [0.5, 0.6) is 0 Å². The molecule has 0 amide bonds. The maximum atomic E-state index is 4.58. The standard InChI is InChI=1S/C15H23N3/c1-4-5-15-17-13-7-6-12(10-14(13)18-15)8-9-16-11(2)3/h6-7,10-11,16H,4-5,8-9H2,1-3H3,(H,17,18). The Labute approximate surface area is 109 Å². The fourth-order valence-corrected chi connectivity index (χ4v) is 2.13. The minimum Gasteiger partial charge on any atom is -0.342 e. The van der Waals surface area contributed by atoms with Crippen LogP contribution in [0.15, 0.2) is 18.2 Å². The summed E-state index contributed by atoms with van der Waals surface area (Å²) in [5, 5.41) is 3.44. The van der Waals surface area contributed by atoms with Gasteiger partial charge >= 0.3 is 0 Å². The van der Waals surface area contributed by atoms with Crippen LogP contribution < -0.4 is 5.32 Å². The molecular weight excluding hydrogens is 222 g/mol. The molecule has 0 aliphatic heterocycles. The minimum atomic E-state index is 0.553. The summed E-state index contributed by atoms with van der Waals surface area (Å²) < 4.78 is 0. The van der Waals surface area contributed by atoms with Crippen LogP contribution in [0.25, 0.3) is 11.0 Å². The Morgan fingerprint density at radius 3 is 2.83 bits per heavy atom. The van der Waals surface area contributed by atoms with Gasteiger partial charge in [-0.15, -0.1) is 0 Å². The third kappa shape index (κ3) is 3.33. The van der Waals surface area contributed by atoms with E-state index >= 15 is 0 Å². The summed E-state index contributed by atoms with van der Waals surface area (Å²) in [6.45, 7) is 7.56. The Balaban J connectivity index is 2.06. The third-order valence-electron chi connectivity index (χ3n) is 3.05. The number of imidazole rings is 1. The van der Waals surface area contributed by atoms with Crippen LogP contribution in [0.4, 0.5) is 0 Å². The zero-order valence-electron chi connectivity index (χ0n) is 11.6. The summed E-state index contributed by atoms with van der Waals surface area (Å²) in [4.78, 5) is 7.99. The monoisotopic (exact) mass is 245 g/mol. The van der Waals surface area contributed by atoms with Crippen molar-refractivity contribution in [3.8, 4) is 0 Å². The van der Waals surface area contributed by atoms with Crippen LogP contribution in [0.1, 0.15) is 38.6 Å². The molecule has 0 fully saturated rings. The van der Waals surface area contributed by atoms with Crippen molar-refractivity contribution in [3.63, 3.8) is 0 Å². The normalized spacial score (nSPS) is 11.6. The molecule has 0 radical (unpaired) electrons. The van der Waals surface area contributed by atoms with E-state index in [1.165, 1.54) is 11.1 Å². The van der Waals surface area contributed by atoms with Crippen LogP contribution in [-0.4, -0.2) is 22.6 Å². The molecule has 18 heavy (non-hydrogen) atoms. The molecule has 98 valence electrons. The van der Waals surface area contributed by atoms with E-state index in [1.54, 1.807) is 0 Å². The lowest BCUT2D eigenvalue weighted by atomic mass is 10.1. The summed E-state index contributed by atoms with van der Waals surface area (Å²) in [5.74, 6) is 1.10. The first-order valence-corrected chi connectivity index (χ1v) is 6.90. The Hall–Kier alpha value is -1.35. The zero-order chi connectivity index (χ0) is 13.0. The van der Waals surface area contributed by atoms with Crippen molar-refractivity contribution in [2.45, 2.75) is 46.1 Å². The van der Waals surface area contributed by atoms with E-state index < -0.39 is 0 Å². The molecule has 3 heteroatoms. The van der Waals surface area contributed by atoms with Gasteiger partial charge in [-0.1, -0.05) is 26.8 Å². The summed E-state index contributed by atoms with van der Waals surface area (Å²) in [6.07, 6.45) is 3.22. The first kappa shape index (κ1) is 13.1. The van der Waals surface area contributed by atoms with Crippen molar-refractivity contribution in [2.24, 2.45) is 0 Å². The lowest BCUT2D eigenvalue weighted by molar-refractivity contribution is 0.590. The number of hydrogen-bond donors (Lipinski definition) is 2. The molecule has 0 unspecified atom stereocenters. The lowest BCUT2D eigenvalue weighted by Gasteiger charge is -2.07. The minimum absolute atomic E-state index is 0.553. The Kier molecular flexibility index (Phi) is 4.37. The maximum absolute atomic E-state index is 4.58. The molecule has 2 rings (SSSR count). The number of fused-ring (bicyclic) bond motifs is 1. The van der Waals surface area contributed by atoms with Gasteiger partial charge in [0, 0.05) is 12.5 Å². The highest BCUT2D eigenvalue weighted by atomic mass is 14.9. The van der Waals surface area contributed by atoms with E-state index in [1.807, 2.05) is 0 Å². The molecule has 0 atom stereocenters. The van der Waals surface area contributed by atoms with E-state index in [4.69, 9.17) is 0 Å². The highest BCUT2D eigenvalue weighted by Crippen LogP contribution is 2.15. The first-order valence-electron chi connectivity index (χ1n) is 6.90. The molecule has 0 saturated heterocycles. The molecule has 2 N–H and O–H groups in total. The molecule has 3 nitrogen and oxygen atoms in total. The molecule has 0 bridgehead atoms. The van der Waals surface area contributed by atoms with Crippen LogP contribution in [0.3, 0.4) is 0 Å². The number of benzene rings is 1. The average molecular weight is 245 g/mol. The molecule has 1 aromatic heterocycles.